The predicted molar refractivity (Wildman–Crippen MR) is 178 cm³/mol. The topological polar surface area (TPSA) is 154 Å². The van der Waals surface area contributed by atoms with Crippen molar-refractivity contribution in [2.45, 2.75) is 61.1 Å². The number of aliphatic hydroxyl groups excluding tert-OH is 1. The van der Waals surface area contributed by atoms with E-state index in [0.717, 1.165) is 27.8 Å². The summed E-state index contributed by atoms with van der Waals surface area (Å²) in [5, 5.41) is 17.7. The number of nitrogens with one attached hydrogen (secondary N) is 2. The van der Waals surface area contributed by atoms with Gasteiger partial charge in [-0.05, 0) is 36.0 Å². The van der Waals surface area contributed by atoms with Crippen LogP contribution in [0.4, 0.5) is 0 Å². The van der Waals surface area contributed by atoms with Crippen LogP contribution in [0.1, 0.15) is 42.4 Å². The highest BCUT2D eigenvalue weighted by atomic mass is 32.2. The number of carbonyl (C=O) groups excluding carboxylic acids is 3. The van der Waals surface area contributed by atoms with E-state index in [-0.39, 0.29) is 25.8 Å². The molecule has 3 aromatic rings. The van der Waals surface area contributed by atoms with E-state index in [1.54, 1.807) is 24.3 Å². The van der Waals surface area contributed by atoms with Crippen LogP contribution in [0.2, 0.25) is 0 Å². The van der Waals surface area contributed by atoms with E-state index < -0.39 is 62.7 Å². The predicted octanol–water partition coefficient (Wildman–Crippen LogP) is 2.68. The Balaban J connectivity index is 1.13. The van der Waals surface area contributed by atoms with Gasteiger partial charge < -0.3 is 20.2 Å². The van der Waals surface area contributed by atoms with Gasteiger partial charge in [0.25, 0.3) is 11.8 Å². The average Bonchev–Trinajstić information content (AvgIpc) is 4.00. The summed E-state index contributed by atoms with van der Waals surface area (Å²) in [7, 11) is -3.87. The third-order valence-electron chi connectivity index (χ3n) is 9.60. The first-order chi connectivity index (χ1) is 23.1. The van der Waals surface area contributed by atoms with Crippen LogP contribution in [0, 0.1) is 5.92 Å². The molecule has 0 spiro atoms. The fraction of sp³-hybridized carbons (Fsp3) is 0.333. The minimum atomic E-state index is -3.87. The minimum Gasteiger partial charge on any atom is -0.390 e. The number of sulfonamides is 1. The van der Waals surface area contributed by atoms with Gasteiger partial charge in [-0.1, -0.05) is 90.1 Å². The number of oxime groups is 1. The van der Waals surface area contributed by atoms with E-state index in [2.05, 4.69) is 21.8 Å². The van der Waals surface area contributed by atoms with Crippen LogP contribution in [-0.4, -0.2) is 77.4 Å². The van der Waals surface area contributed by atoms with E-state index in [9.17, 15) is 27.9 Å². The number of hydrogen-bond donors (Lipinski definition) is 3. The summed E-state index contributed by atoms with van der Waals surface area (Å²) in [4.78, 5) is 48.3. The number of nitrogens with zero attached hydrogens (tertiary/aromatic N) is 2. The van der Waals surface area contributed by atoms with Crippen molar-refractivity contribution in [1.82, 2.24) is 14.9 Å². The number of rotatable bonds is 11. The van der Waals surface area contributed by atoms with Crippen LogP contribution in [0.15, 0.2) is 96.7 Å². The quantitative estimate of drug-likeness (QED) is 0.164. The first kappa shape index (κ1) is 31.8. The van der Waals surface area contributed by atoms with Crippen LogP contribution in [-0.2, 0) is 35.7 Å². The van der Waals surface area contributed by atoms with Gasteiger partial charge in [-0.2, -0.15) is 0 Å². The van der Waals surface area contributed by atoms with E-state index in [1.165, 1.54) is 11.0 Å². The van der Waals surface area contributed by atoms with Crippen molar-refractivity contribution >= 4 is 33.5 Å². The molecule has 0 aromatic heterocycles. The fourth-order valence-corrected chi connectivity index (χ4v) is 8.08. The maximum atomic E-state index is 14.0. The van der Waals surface area contributed by atoms with Gasteiger partial charge in [0.2, 0.25) is 15.9 Å². The highest BCUT2D eigenvalue weighted by Crippen LogP contribution is 2.45. The molecule has 48 heavy (non-hydrogen) atoms. The van der Waals surface area contributed by atoms with Crippen molar-refractivity contribution in [3.8, 4) is 11.1 Å². The zero-order valence-electron chi connectivity index (χ0n) is 26.1. The molecule has 1 aliphatic heterocycles. The molecule has 3 N–H and O–H groups in total. The standard InChI is InChI=1S/C36H36N4O7S/c1-2-23-20-36(23,35(44)39-48(45,46)25-16-17-25)37-33(42)30-19-24(21-40(30)34(43)31(41)18-22-10-4-3-5-11-22)47-38-32-28-14-8-6-12-26(28)27-13-7-9-15-29(27)32/h2-15,23-25,30-31,41H,1,16-21H2,(H,37,42)(H,39,44)/t23-,24?,30?,31+,36+/m1/s1. The van der Waals surface area contributed by atoms with E-state index in [0.29, 0.717) is 18.6 Å². The fourth-order valence-electron chi connectivity index (χ4n) is 6.72. The van der Waals surface area contributed by atoms with E-state index in [1.807, 2.05) is 54.6 Å². The summed E-state index contributed by atoms with van der Waals surface area (Å²) in [6, 6.07) is 23.6. The van der Waals surface area contributed by atoms with Gasteiger partial charge >= 0.3 is 0 Å². The second-order valence-electron chi connectivity index (χ2n) is 12.9. The third-order valence-corrected chi connectivity index (χ3v) is 11.4. The van der Waals surface area contributed by atoms with Crippen molar-refractivity contribution in [3.63, 3.8) is 0 Å². The van der Waals surface area contributed by atoms with Gasteiger partial charge in [0.05, 0.1) is 11.8 Å². The average molecular weight is 669 g/mol. The molecule has 3 aliphatic carbocycles. The van der Waals surface area contributed by atoms with Gasteiger partial charge in [0.15, 0.2) is 0 Å². The van der Waals surface area contributed by atoms with Crippen molar-refractivity contribution in [2.24, 2.45) is 11.1 Å². The summed E-state index contributed by atoms with van der Waals surface area (Å²) in [6.07, 6.45) is 0.532. The second-order valence-corrected chi connectivity index (χ2v) is 14.8. The molecule has 0 radical (unpaired) electrons. The Morgan fingerprint density at radius 3 is 2.17 bits per heavy atom. The molecule has 12 heteroatoms. The molecule has 3 amide bonds. The lowest BCUT2D eigenvalue weighted by Gasteiger charge is -2.28. The Hall–Kier alpha value is -4.81. The zero-order chi connectivity index (χ0) is 33.6. The molecule has 1 saturated heterocycles. The molecule has 1 heterocycles. The monoisotopic (exact) mass is 668 g/mol. The highest BCUT2D eigenvalue weighted by molar-refractivity contribution is 7.91. The molecule has 3 aromatic carbocycles. The Morgan fingerprint density at radius 2 is 1.58 bits per heavy atom. The number of hydrogen-bond acceptors (Lipinski definition) is 8. The molecule has 11 nitrogen and oxygen atoms in total. The van der Waals surface area contributed by atoms with Gasteiger partial charge in [0.1, 0.15) is 29.5 Å². The van der Waals surface area contributed by atoms with Crippen LogP contribution in [0.5, 0.6) is 0 Å². The lowest BCUT2D eigenvalue weighted by atomic mass is 10.1. The van der Waals surface area contributed by atoms with Crippen LogP contribution in [0.25, 0.3) is 11.1 Å². The highest BCUT2D eigenvalue weighted by Gasteiger charge is 2.62. The molecule has 3 fully saturated rings. The normalized spacial score (nSPS) is 24.6. The molecule has 4 aliphatic rings. The largest absolute Gasteiger partial charge is 0.390 e. The number of benzene rings is 3. The van der Waals surface area contributed by atoms with E-state index >= 15 is 0 Å². The molecular formula is C36H36N4O7S. The Kier molecular flexibility index (Phi) is 8.16. The van der Waals surface area contributed by atoms with Crippen molar-refractivity contribution in [1.29, 1.82) is 0 Å². The third kappa shape index (κ3) is 5.90. The number of fused-ring (bicyclic) bond motifs is 3. The van der Waals surface area contributed by atoms with Crippen LogP contribution in [0.3, 0.4) is 0 Å². The molecule has 2 unspecified atom stereocenters. The maximum Gasteiger partial charge on any atom is 0.259 e. The SMILES string of the molecule is C=C[C@@H]1C[C@@]1(NC(=O)C1CC(ON=C2c3ccccc3-c3ccccc32)CN1C(=O)[C@@H](O)Cc1ccccc1)C(=O)NS(=O)(=O)C1CC1. The summed E-state index contributed by atoms with van der Waals surface area (Å²) >= 11 is 0. The van der Waals surface area contributed by atoms with Crippen LogP contribution < -0.4 is 10.0 Å². The summed E-state index contributed by atoms with van der Waals surface area (Å²) in [5.41, 5.74) is 3.70. The van der Waals surface area contributed by atoms with Crippen molar-refractivity contribution < 1.29 is 32.7 Å². The number of aliphatic hydroxyl groups is 1. The minimum absolute atomic E-state index is 0.0343. The van der Waals surface area contributed by atoms with Crippen LogP contribution >= 0.6 is 0 Å². The summed E-state index contributed by atoms with van der Waals surface area (Å²) < 4.78 is 27.3. The zero-order valence-corrected chi connectivity index (χ0v) is 26.9. The molecular weight excluding hydrogens is 632 g/mol. The van der Waals surface area contributed by atoms with Gasteiger partial charge in [-0.15, -0.1) is 6.58 Å². The molecule has 2 saturated carbocycles. The number of likely N-dealkylation sites (tertiary alicyclic amines) is 1. The lowest BCUT2D eigenvalue weighted by molar-refractivity contribution is -0.146. The second kappa shape index (κ2) is 12.3. The maximum absolute atomic E-state index is 14.0. The van der Waals surface area contributed by atoms with Gasteiger partial charge in [-0.3, -0.25) is 19.1 Å². The summed E-state index contributed by atoms with van der Waals surface area (Å²) in [6.45, 7) is 3.71. The van der Waals surface area contributed by atoms with Crippen molar-refractivity contribution in [3.05, 3.63) is 108 Å². The smallest absolute Gasteiger partial charge is 0.259 e. The molecule has 5 atom stereocenters. The number of amides is 3. The first-order valence-electron chi connectivity index (χ1n) is 16.1. The Bertz CT molecular complexity index is 1880. The Labute approximate surface area is 278 Å². The Morgan fingerprint density at radius 1 is 0.979 bits per heavy atom. The summed E-state index contributed by atoms with van der Waals surface area (Å²) in [5.74, 6) is -2.65. The van der Waals surface area contributed by atoms with Crippen molar-refractivity contribution in [2.75, 3.05) is 6.54 Å². The molecule has 0 bridgehead atoms. The van der Waals surface area contributed by atoms with E-state index in [4.69, 9.17) is 4.84 Å². The number of carbonyl (C=O) groups is 3. The lowest BCUT2D eigenvalue weighted by Crippen LogP contribution is -2.57. The van der Waals surface area contributed by atoms with Gasteiger partial charge in [-0.25, -0.2) is 8.42 Å². The molecule has 248 valence electrons. The van der Waals surface area contributed by atoms with Gasteiger partial charge in [0, 0.05) is 29.9 Å². The molecule has 7 rings (SSSR count). The first-order valence-corrected chi connectivity index (χ1v) is 17.6.